The topological polar surface area (TPSA) is 75.4 Å². The number of aliphatic hydroxyl groups is 1. The maximum Gasteiger partial charge on any atom is 0.220 e. The van der Waals surface area contributed by atoms with Gasteiger partial charge in [0.1, 0.15) is 0 Å². The monoisotopic (exact) mass is 226 g/mol. The van der Waals surface area contributed by atoms with Gasteiger partial charge in [0.15, 0.2) is 0 Å². The Balaban J connectivity index is 1.72. The van der Waals surface area contributed by atoms with Crippen molar-refractivity contribution in [2.24, 2.45) is 16.6 Å². The molecule has 2 aliphatic rings. The van der Waals surface area contributed by atoms with Gasteiger partial charge in [0, 0.05) is 18.4 Å². The Labute approximate surface area is 96.6 Å². The van der Waals surface area contributed by atoms with Crippen molar-refractivity contribution in [1.82, 2.24) is 5.32 Å². The number of hydrogen-bond donors (Lipinski definition) is 3. The zero-order valence-corrected chi connectivity index (χ0v) is 9.80. The van der Waals surface area contributed by atoms with E-state index in [1.807, 2.05) is 0 Å². The van der Waals surface area contributed by atoms with E-state index < -0.39 is 0 Å². The Morgan fingerprint density at radius 2 is 1.94 bits per heavy atom. The largest absolute Gasteiger partial charge is 0.396 e. The van der Waals surface area contributed by atoms with E-state index >= 15 is 0 Å². The fourth-order valence-electron chi connectivity index (χ4n) is 2.39. The summed E-state index contributed by atoms with van der Waals surface area (Å²) >= 11 is 0. The maximum atomic E-state index is 11.8. The first-order chi connectivity index (χ1) is 7.64. The molecule has 4 nitrogen and oxygen atoms in total. The molecule has 0 radical (unpaired) electrons. The van der Waals surface area contributed by atoms with E-state index in [0.29, 0.717) is 19.5 Å². The third-order valence-corrected chi connectivity index (χ3v) is 4.34. The van der Waals surface area contributed by atoms with Crippen molar-refractivity contribution in [2.45, 2.75) is 38.5 Å². The molecule has 16 heavy (non-hydrogen) atoms. The smallest absolute Gasteiger partial charge is 0.220 e. The van der Waals surface area contributed by atoms with Crippen LogP contribution in [0.2, 0.25) is 0 Å². The highest BCUT2D eigenvalue weighted by atomic mass is 16.3. The summed E-state index contributed by atoms with van der Waals surface area (Å²) in [5.41, 5.74) is 5.81. The molecule has 2 aliphatic carbocycles. The Morgan fingerprint density at radius 1 is 1.25 bits per heavy atom. The summed E-state index contributed by atoms with van der Waals surface area (Å²) in [5.74, 6) is 0.102. The van der Waals surface area contributed by atoms with Crippen LogP contribution in [-0.2, 0) is 4.79 Å². The number of hydrogen-bond acceptors (Lipinski definition) is 3. The van der Waals surface area contributed by atoms with Gasteiger partial charge in [-0.25, -0.2) is 0 Å². The number of carbonyl (C=O) groups excluding carboxylic acids is 1. The minimum absolute atomic E-state index is 0.00511. The number of carbonyl (C=O) groups is 1. The van der Waals surface area contributed by atoms with Gasteiger partial charge in [-0.3, -0.25) is 4.79 Å². The summed E-state index contributed by atoms with van der Waals surface area (Å²) in [7, 11) is 0. The first-order valence-corrected chi connectivity index (χ1v) is 6.21. The van der Waals surface area contributed by atoms with Gasteiger partial charge in [-0.1, -0.05) is 6.42 Å². The van der Waals surface area contributed by atoms with Crippen LogP contribution in [0.5, 0.6) is 0 Å². The molecule has 0 aromatic rings. The Kier molecular flexibility index (Phi) is 3.22. The molecule has 0 aromatic heterocycles. The SMILES string of the molecule is NCC1(CC(=O)NCC2(CO)CC2)CCC1. The van der Waals surface area contributed by atoms with Crippen LogP contribution >= 0.6 is 0 Å². The zero-order valence-electron chi connectivity index (χ0n) is 9.80. The first-order valence-electron chi connectivity index (χ1n) is 6.21. The zero-order chi connectivity index (χ0) is 11.6. The summed E-state index contributed by atoms with van der Waals surface area (Å²) in [6, 6.07) is 0. The number of rotatable bonds is 6. The number of amides is 1. The molecule has 0 saturated heterocycles. The molecule has 2 rings (SSSR count). The Morgan fingerprint density at radius 3 is 2.31 bits per heavy atom. The molecule has 1 amide bonds. The van der Waals surface area contributed by atoms with Crippen LogP contribution in [0.15, 0.2) is 0 Å². The predicted octanol–water partition coefficient (Wildman–Crippen LogP) is 0.394. The molecule has 0 aromatic carbocycles. The van der Waals surface area contributed by atoms with Crippen LogP contribution in [-0.4, -0.2) is 30.7 Å². The maximum absolute atomic E-state index is 11.8. The van der Waals surface area contributed by atoms with Crippen molar-refractivity contribution >= 4 is 5.91 Å². The summed E-state index contributed by atoms with van der Waals surface area (Å²) in [6.07, 6.45) is 6.00. The molecule has 0 atom stereocenters. The molecule has 2 saturated carbocycles. The second-order valence-corrected chi connectivity index (χ2v) is 5.67. The van der Waals surface area contributed by atoms with Gasteiger partial charge in [-0.2, -0.15) is 0 Å². The predicted molar refractivity (Wildman–Crippen MR) is 61.7 cm³/mol. The van der Waals surface area contributed by atoms with Gasteiger partial charge >= 0.3 is 0 Å². The molecule has 4 heteroatoms. The molecule has 0 bridgehead atoms. The van der Waals surface area contributed by atoms with Crippen LogP contribution in [0.25, 0.3) is 0 Å². The normalized spacial score (nSPS) is 24.6. The molecule has 2 fully saturated rings. The molecular weight excluding hydrogens is 204 g/mol. The quantitative estimate of drug-likeness (QED) is 0.613. The minimum atomic E-state index is 0.00511. The second-order valence-electron chi connectivity index (χ2n) is 5.67. The molecular formula is C12H22N2O2. The van der Waals surface area contributed by atoms with Gasteiger partial charge in [0.25, 0.3) is 0 Å². The molecule has 0 aliphatic heterocycles. The molecule has 4 N–H and O–H groups in total. The highest BCUT2D eigenvalue weighted by Gasteiger charge is 2.43. The number of aliphatic hydroxyl groups excluding tert-OH is 1. The van der Waals surface area contributed by atoms with E-state index in [1.165, 1.54) is 6.42 Å². The fourth-order valence-corrected chi connectivity index (χ4v) is 2.39. The summed E-state index contributed by atoms with van der Waals surface area (Å²) in [6.45, 7) is 1.43. The average molecular weight is 226 g/mol. The van der Waals surface area contributed by atoms with E-state index in [2.05, 4.69) is 5.32 Å². The lowest BCUT2D eigenvalue weighted by Gasteiger charge is -2.40. The van der Waals surface area contributed by atoms with Gasteiger partial charge < -0.3 is 16.2 Å². The van der Waals surface area contributed by atoms with Crippen LogP contribution in [0, 0.1) is 10.8 Å². The van der Waals surface area contributed by atoms with Crippen LogP contribution < -0.4 is 11.1 Å². The molecule has 0 heterocycles. The van der Waals surface area contributed by atoms with E-state index in [1.54, 1.807) is 0 Å². The van der Waals surface area contributed by atoms with Crippen molar-refractivity contribution in [1.29, 1.82) is 0 Å². The van der Waals surface area contributed by atoms with Crippen molar-refractivity contribution < 1.29 is 9.90 Å². The number of nitrogens with two attached hydrogens (primary N) is 1. The molecule has 92 valence electrons. The first kappa shape index (κ1) is 11.9. The standard InChI is InChI=1S/C12H22N2O2/c13-7-11(2-1-3-11)6-10(16)14-8-12(9-15)4-5-12/h15H,1-9,13H2,(H,14,16). The van der Waals surface area contributed by atoms with Crippen LogP contribution in [0.1, 0.15) is 38.5 Å². The summed E-state index contributed by atoms with van der Waals surface area (Å²) in [5, 5.41) is 12.1. The third-order valence-electron chi connectivity index (χ3n) is 4.34. The molecule has 0 unspecified atom stereocenters. The minimum Gasteiger partial charge on any atom is -0.396 e. The second kappa shape index (κ2) is 4.34. The highest BCUT2D eigenvalue weighted by molar-refractivity contribution is 5.77. The van der Waals surface area contributed by atoms with E-state index in [9.17, 15) is 4.79 Å². The van der Waals surface area contributed by atoms with Gasteiger partial charge in [0.05, 0.1) is 6.61 Å². The summed E-state index contributed by atoms with van der Waals surface area (Å²) < 4.78 is 0. The van der Waals surface area contributed by atoms with Crippen LogP contribution in [0.4, 0.5) is 0 Å². The average Bonchev–Trinajstić information content (AvgIpc) is 3.01. The molecule has 0 spiro atoms. The van der Waals surface area contributed by atoms with Crippen molar-refractivity contribution in [3.63, 3.8) is 0 Å². The fraction of sp³-hybridized carbons (Fsp3) is 0.917. The van der Waals surface area contributed by atoms with Crippen molar-refractivity contribution in [3.8, 4) is 0 Å². The van der Waals surface area contributed by atoms with Crippen molar-refractivity contribution in [3.05, 3.63) is 0 Å². The lowest BCUT2D eigenvalue weighted by Crippen LogP contribution is -2.43. The van der Waals surface area contributed by atoms with Crippen LogP contribution in [0.3, 0.4) is 0 Å². The van der Waals surface area contributed by atoms with E-state index in [-0.39, 0.29) is 23.3 Å². The lowest BCUT2D eigenvalue weighted by molar-refractivity contribution is -0.125. The Hall–Kier alpha value is -0.610. The summed E-state index contributed by atoms with van der Waals surface area (Å²) in [4.78, 5) is 11.8. The van der Waals surface area contributed by atoms with Gasteiger partial charge in [-0.05, 0) is 37.6 Å². The van der Waals surface area contributed by atoms with Crippen molar-refractivity contribution in [2.75, 3.05) is 19.7 Å². The third kappa shape index (κ3) is 2.38. The Bertz CT molecular complexity index is 265. The number of nitrogens with one attached hydrogen (secondary N) is 1. The highest BCUT2D eigenvalue weighted by Crippen LogP contribution is 2.45. The van der Waals surface area contributed by atoms with Gasteiger partial charge in [-0.15, -0.1) is 0 Å². The van der Waals surface area contributed by atoms with Gasteiger partial charge in [0.2, 0.25) is 5.91 Å². The van der Waals surface area contributed by atoms with E-state index in [4.69, 9.17) is 10.8 Å². The van der Waals surface area contributed by atoms with E-state index in [0.717, 1.165) is 25.7 Å². The lowest BCUT2D eigenvalue weighted by atomic mass is 9.66.